The van der Waals surface area contributed by atoms with Gasteiger partial charge < -0.3 is 30.6 Å². The lowest BCUT2D eigenvalue weighted by molar-refractivity contribution is 0.0687. The van der Waals surface area contributed by atoms with Crippen molar-refractivity contribution in [1.82, 2.24) is 19.8 Å². The molecule has 4 aromatic carbocycles. The Kier molecular flexibility index (Phi) is 15.7. The molecule has 0 saturated carbocycles. The van der Waals surface area contributed by atoms with Crippen LogP contribution in [0.5, 0.6) is 0 Å². The molecule has 0 saturated heterocycles. The van der Waals surface area contributed by atoms with Crippen molar-refractivity contribution in [1.29, 1.82) is 0 Å². The Balaban J connectivity index is 0.000000196. The van der Waals surface area contributed by atoms with Crippen molar-refractivity contribution in [3.05, 3.63) is 166 Å². The number of carboxylic acids is 2. The van der Waals surface area contributed by atoms with Crippen LogP contribution in [0.2, 0.25) is 0 Å². The number of hydrogen-bond acceptors (Lipinski definition) is 10. The van der Waals surface area contributed by atoms with Crippen molar-refractivity contribution >= 4 is 46.1 Å². The van der Waals surface area contributed by atoms with Crippen molar-refractivity contribution in [2.45, 2.75) is 64.5 Å². The lowest BCUT2D eigenvalue weighted by Crippen LogP contribution is -2.36. The van der Waals surface area contributed by atoms with Gasteiger partial charge in [0, 0.05) is 75.4 Å². The Bertz CT molecular complexity index is 2410. The zero-order valence-electron chi connectivity index (χ0n) is 39.2. The number of aryl methyl sites for hydroxylation is 2. The average Bonchev–Trinajstić information content (AvgIpc) is 3.33. The van der Waals surface area contributed by atoms with Crippen LogP contribution in [-0.4, -0.2) is 96.3 Å². The van der Waals surface area contributed by atoms with Gasteiger partial charge in [0.05, 0.1) is 47.0 Å². The molecule has 0 amide bonds. The summed E-state index contributed by atoms with van der Waals surface area (Å²) in [5, 5.41) is 25.5. The lowest BCUT2D eigenvalue weighted by atomic mass is 9.92. The van der Waals surface area contributed by atoms with Gasteiger partial charge in [-0.25, -0.2) is 9.59 Å². The Morgan fingerprint density at radius 1 is 0.591 bits per heavy atom. The van der Waals surface area contributed by atoms with E-state index in [2.05, 4.69) is 167 Å². The molecular formula is C54H64N8O4. The largest absolute Gasteiger partial charge is 0.478 e. The molecule has 0 aliphatic carbocycles. The molecule has 2 aliphatic rings. The van der Waals surface area contributed by atoms with Crippen molar-refractivity contribution < 1.29 is 19.8 Å². The molecule has 2 aromatic heterocycles. The summed E-state index contributed by atoms with van der Waals surface area (Å²) >= 11 is 0. The van der Waals surface area contributed by atoms with Crippen LogP contribution in [0, 0.1) is 0 Å². The van der Waals surface area contributed by atoms with Gasteiger partial charge in [0.1, 0.15) is 0 Å². The summed E-state index contributed by atoms with van der Waals surface area (Å²) in [4.78, 5) is 40.3. The van der Waals surface area contributed by atoms with Crippen LogP contribution in [0.25, 0.3) is 0 Å². The molecule has 0 bridgehead atoms. The number of anilines is 6. The second-order valence-corrected chi connectivity index (χ2v) is 17.4. The van der Waals surface area contributed by atoms with Crippen molar-refractivity contribution in [2.24, 2.45) is 0 Å². The third-order valence-electron chi connectivity index (χ3n) is 13.1. The first-order valence-electron chi connectivity index (χ1n) is 23.1. The topological polar surface area (TPSA) is 137 Å². The Morgan fingerprint density at radius 2 is 0.970 bits per heavy atom. The number of pyridine rings is 2. The molecule has 12 heteroatoms. The minimum absolute atomic E-state index is 0.156. The maximum absolute atomic E-state index is 11.5. The predicted molar refractivity (Wildman–Crippen MR) is 267 cm³/mol. The fourth-order valence-corrected chi connectivity index (χ4v) is 9.10. The molecule has 0 fully saturated rings. The number of hydrogen-bond donors (Lipinski definition) is 4. The summed E-state index contributed by atoms with van der Waals surface area (Å²) in [5.74, 6) is -1.90. The maximum Gasteiger partial charge on any atom is 0.337 e. The zero-order chi connectivity index (χ0) is 46.7. The lowest BCUT2D eigenvalue weighted by Gasteiger charge is -2.35. The standard InChI is InChI=1S/2C27H32N4O2/c2*1-4-5-19-6-8-21(9-7-19)31(3)22-10-11-23-20(16-22)13-15-30(2)26(23)18-29-25-17-28-14-12-24(25)27(32)33/h2*6-12,14,16-17,26,29H,4-5,13,15,18H2,1-3H3,(H,32,33)/t2*26-/m10/s1. The van der Waals surface area contributed by atoms with Gasteiger partial charge in [0.25, 0.3) is 0 Å². The van der Waals surface area contributed by atoms with Crippen molar-refractivity contribution in [3.63, 3.8) is 0 Å². The number of likely N-dealkylation sites (N-methyl/N-ethyl adjacent to an activating group) is 2. The molecule has 0 radical (unpaired) electrons. The molecule has 2 atom stereocenters. The van der Waals surface area contributed by atoms with E-state index >= 15 is 0 Å². The van der Waals surface area contributed by atoms with Gasteiger partial charge in [0.2, 0.25) is 0 Å². The number of nitrogens with zero attached hydrogens (tertiary/aromatic N) is 6. The first-order chi connectivity index (χ1) is 31.9. The minimum atomic E-state index is -0.951. The molecule has 8 rings (SSSR count). The average molecular weight is 889 g/mol. The Labute approximate surface area is 389 Å². The van der Waals surface area contributed by atoms with Crippen molar-refractivity contribution in [3.8, 4) is 0 Å². The molecule has 2 aliphatic heterocycles. The smallest absolute Gasteiger partial charge is 0.337 e. The van der Waals surface area contributed by atoms with E-state index in [1.807, 2.05) is 0 Å². The normalized spacial score (nSPS) is 15.7. The summed E-state index contributed by atoms with van der Waals surface area (Å²) < 4.78 is 0. The number of nitrogens with one attached hydrogen (secondary N) is 2. The van der Waals surface area contributed by atoms with Gasteiger partial charge in [-0.1, -0.05) is 63.1 Å². The van der Waals surface area contributed by atoms with Crippen LogP contribution in [0.4, 0.5) is 34.1 Å². The Morgan fingerprint density at radius 3 is 1.33 bits per heavy atom. The first-order valence-corrected chi connectivity index (χ1v) is 23.1. The minimum Gasteiger partial charge on any atom is -0.478 e. The molecule has 344 valence electrons. The highest BCUT2D eigenvalue weighted by Crippen LogP contribution is 2.36. The van der Waals surface area contributed by atoms with Crippen molar-refractivity contribution in [2.75, 3.05) is 74.8 Å². The molecular weight excluding hydrogens is 825 g/mol. The highest BCUT2D eigenvalue weighted by atomic mass is 16.4. The SMILES string of the molecule is CCCc1ccc(N(C)c2ccc3c(c2)CCN(C)[C@@H]3CNc2cnccc2C(=O)O)cc1.CCCc1ccc(N(C)c2ccc3c(c2)CCN(C)[C@H]3CNc2cnccc2C(=O)O)cc1. The second kappa shape index (κ2) is 21.9. The fraction of sp³-hybridized carbons (Fsp3) is 0.333. The molecule has 4 heterocycles. The summed E-state index contributed by atoms with van der Waals surface area (Å²) in [6.07, 6.45) is 12.7. The Hall–Kier alpha value is -6.76. The number of rotatable bonds is 16. The van der Waals surface area contributed by atoms with Gasteiger partial charge in [0.15, 0.2) is 0 Å². The molecule has 4 N–H and O–H groups in total. The quantitative estimate of drug-likeness (QED) is 0.0736. The summed E-state index contributed by atoms with van der Waals surface area (Å²) in [7, 11) is 8.46. The number of benzene rings is 4. The molecule has 0 spiro atoms. The number of carbonyl (C=O) groups is 2. The third-order valence-corrected chi connectivity index (χ3v) is 13.1. The fourth-order valence-electron chi connectivity index (χ4n) is 9.10. The highest BCUT2D eigenvalue weighted by Gasteiger charge is 2.27. The van der Waals surface area contributed by atoms with Crippen LogP contribution < -0.4 is 20.4 Å². The predicted octanol–water partition coefficient (Wildman–Crippen LogP) is 10.3. The summed E-state index contributed by atoms with van der Waals surface area (Å²) in [6.45, 7) is 7.55. The van der Waals surface area contributed by atoms with E-state index in [-0.39, 0.29) is 23.2 Å². The number of fused-ring (bicyclic) bond motifs is 2. The third kappa shape index (κ3) is 11.2. The second-order valence-electron chi connectivity index (χ2n) is 17.4. The summed E-state index contributed by atoms with van der Waals surface area (Å²) in [5.41, 5.74) is 14.3. The van der Waals surface area contributed by atoms with Gasteiger partial charge in [-0.05, 0) is 134 Å². The van der Waals surface area contributed by atoms with E-state index in [9.17, 15) is 19.8 Å². The number of carboxylic acid groups (broad SMARTS) is 2. The van der Waals surface area contributed by atoms with Crippen LogP contribution in [0.15, 0.2) is 122 Å². The van der Waals surface area contributed by atoms with Gasteiger partial charge >= 0.3 is 11.9 Å². The highest BCUT2D eigenvalue weighted by molar-refractivity contribution is 5.94. The van der Waals surface area contributed by atoms with E-state index in [0.717, 1.165) is 51.6 Å². The van der Waals surface area contributed by atoms with Gasteiger partial charge in [-0.15, -0.1) is 0 Å². The van der Waals surface area contributed by atoms with Gasteiger partial charge in [-0.2, -0.15) is 0 Å². The van der Waals surface area contributed by atoms with E-state index in [0.29, 0.717) is 24.5 Å². The number of aromatic carboxylic acids is 2. The first kappa shape index (κ1) is 47.2. The maximum atomic E-state index is 11.5. The van der Waals surface area contributed by atoms with E-state index in [1.165, 1.54) is 80.7 Å². The molecule has 12 nitrogen and oxygen atoms in total. The van der Waals surface area contributed by atoms with Crippen LogP contribution >= 0.6 is 0 Å². The van der Waals surface area contributed by atoms with Crippen LogP contribution in [0.3, 0.4) is 0 Å². The molecule has 0 unspecified atom stereocenters. The number of aromatic nitrogens is 2. The van der Waals surface area contributed by atoms with Gasteiger partial charge in [-0.3, -0.25) is 19.8 Å². The van der Waals surface area contributed by atoms with E-state index in [4.69, 9.17) is 0 Å². The monoisotopic (exact) mass is 889 g/mol. The van der Waals surface area contributed by atoms with E-state index < -0.39 is 11.9 Å². The zero-order valence-corrected chi connectivity index (χ0v) is 39.2. The summed E-state index contributed by atoms with van der Waals surface area (Å²) in [6, 6.07) is 34.4. The van der Waals surface area contributed by atoms with Crippen LogP contribution in [0.1, 0.15) is 92.9 Å². The van der Waals surface area contributed by atoms with Crippen LogP contribution in [-0.2, 0) is 25.7 Å². The molecule has 66 heavy (non-hydrogen) atoms. The molecule has 6 aromatic rings. The van der Waals surface area contributed by atoms with E-state index in [1.54, 1.807) is 12.4 Å².